The molecule has 108 valence electrons. The van der Waals surface area contributed by atoms with Crippen molar-refractivity contribution in [2.75, 3.05) is 17.2 Å². The van der Waals surface area contributed by atoms with E-state index in [9.17, 15) is 10.1 Å². The molecule has 1 aromatic rings. The van der Waals surface area contributed by atoms with E-state index in [-0.39, 0.29) is 12.6 Å². The van der Waals surface area contributed by atoms with Gasteiger partial charge in [-0.15, -0.1) is 11.8 Å². The number of carbonyl (C=O) groups is 1. The lowest BCUT2D eigenvalue weighted by Gasteiger charge is -2.30. The summed E-state index contributed by atoms with van der Waals surface area (Å²) >= 11 is 1.60. The van der Waals surface area contributed by atoms with Crippen molar-refractivity contribution in [3.05, 3.63) is 23.8 Å². The second-order valence-electron chi connectivity index (χ2n) is 4.47. The summed E-state index contributed by atoms with van der Waals surface area (Å²) in [5, 5.41) is 18.5. The molecule has 0 bridgehead atoms. The van der Waals surface area contributed by atoms with E-state index in [0.29, 0.717) is 11.3 Å². The molecule has 1 aromatic carbocycles. The number of nitrogens with zero attached hydrogens (tertiary/aromatic N) is 2. The van der Waals surface area contributed by atoms with E-state index in [1.165, 1.54) is 0 Å². The third-order valence-electron chi connectivity index (χ3n) is 3.15. The Morgan fingerprint density at radius 2 is 2.20 bits per heavy atom. The zero-order valence-corrected chi connectivity index (χ0v) is 12.9. The summed E-state index contributed by atoms with van der Waals surface area (Å²) in [7, 11) is 0. The second-order valence-corrected chi connectivity index (χ2v) is 5.78. The van der Waals surface area contributed by atoms with Crippen LogP contribution in [-0.4, -0.2) is 29.4 Å². The van der Waals surface area contributed by atoms with Crippen LogP contribution in [0.4, 0.5) is 5.69 Å². The monoisotopic (exact) mass is 292 g/mol. The van der Waals surface area contributed by atoms with Gasteiger partial charge in [0.05, 0.1) is 11.3 Å². The first-order chi connectivity index (χ1) is 9.54. The molecule has 0 saturated carbocycles. The zero-order chi connectivity index (χ0) is 15.1. The molecule has 1 unspecified atom stereocenters. The Labute approximate surface area is 124 Å². The summed E-state index contributed by atoms with van der Waals surface area (Å²) in [6, 6.07) is 7.91. The van der Waals surface area contributed by atoms with E-state index < -0.39 is 5.97 Å². The second kappa shape index (κ2) is 7.81. The average Bonchev–Trinajstić information content (AvgIpc) is 2.44. The molecule has 1 N–H and O–H groups in total. The van der Waals surface area contributed by atoms with E-state index in [0.717, 1.165) is 17.1 Å². The van der Waals surface area contributed by atoms with Crippen LogP contribution in [-0.2, 0) is 4.79 Å². The van der Waals surface area contributed by atoms with Crippen LogP contribution in [0.2, 0.25) is 0 Å². The maximum atomic E-state index is 11.1. The number of benzene rings is 1. The number of carboxylic acid groups (broad SMARTS) is 1. The highest BCUT2D eigenvalue weighted by Crippen LogP contribution is 2.31. The number of anilines is 1. The van der Waals surface area contributed by atoms with Gasteiger partial charge in [0.1, 0.15) is 12.6 Å². The Morgan fingerprint density at radius 1 is 1.50 bits per heavy atom. The van der Waals surface area contributed by atoms with Crippen molar-refractivity contribution < 1.29 is 9.90 Å². The number of nitriles is 1. The number of aliphatic carboxylic acids is 1. The largest absolute Gasteiger partial charge is 0.480 e. The Bertz CT molecular complexity index is 511. The summed E-state index contributed by atoms with van der Waals surface area (Å²) in [5.74, 6) is -0.0110. The van der Waals surface area contributed by atoms with Crippen molar-refractivity contribution in [3.8, 4) is 6.07 Å². The fourth-order valence-electron chi connectivity index (χ4n) is 1.99. The maximum absolute atomic E-state index is 11.1. The molecule has 1 atom stereocenters. The molecule has 0 aliphatic carbocycles. The molecule has 4 nitrogen and oxygen atoms in total. The Kier molecular flexibility index (Phi) is 6.40. The van der Waals surface area contributed by atoms with Crippen LogP contribution in [0.25, 0.3) is 0 Å². The minimum Gasteiger partial charge on any atom is -0.480 e. The minimum absolute atomic E-state index is 0.0695. The van der Waals surface area contributed by atoms with Crippen LogP contribution in [0, 0.1) is 11.3 Å². The highest BCUT2D eigenvalue weighted by molar-refractivity contribution is 7.99. The Hall–Kier alpha value is -1.67. The van der Waals surface area contributed by atoms with Crippen molar-refractivity contribution in [2.24, 2.45) is 0 Å². The molecule has 0 aliphatic rings. The van der Waals surface area contributed by atoms with Crippen LogP contribution in [0.1, 0.15) is 32.8 Å². The van der Waals surface area contributed by atoms with Crippen LogP contribution in [0.15, 0.2) is 23.1 Å². The van der Waals surface area contributed by atoms with Gasteiger partial charge in [-0.25, -0.2) is 0 Å². The molecule has 0 aliphatic heterocycles. The van der Waals surface area contributed by atoms with E-state index in [1.54, 1.807) is 16.7 Å². The fraction of sp³-hybridized carbons (Fsp3) is 0.467. The molecule has 0 spiro atoms. The number of hydrogen-bond acceptors (Lipinski definition) is 4. The quantitative estimate of drug-likeness (QED) is 0.781. The lowest BCUT2D eigenvalue weighted by molar-refractivity contribution is -0.135. The van der Waals surface area contributed by atoms with Gasteiger partial charge in [0, 0.05) is 10.9 Å². The Morgan fingerprint density at radius 3 is 2.70 bits per heavy atom. The summed E-state index contributed by atoms with van der Waals surface area (Å²) in [5.41, 5.74) is 1.28. The summed E-state index contributed by atoms with van der Waals surface area (Å²) in [6.45, 7) is 5.92. The maximum Gasteiger partial charge on any atom is 0.323 e. The normalized spacial score (nSPS) is 11.7. The van der Waals surface area contributed by atoms with Crippen molar-refractivity contribution in [2.45, 2.75) is 38.1 Å². The third kappa shape index (κ3) is 3.91. The predicted molar refractivity (Wildman–Crippen MR) is 82.3 cm³/mol. The van der Waals surface area contributed by atoms with Gasteiger partial charge >= 0.3 is 5.97 Å². The standard InChI is InChI=1S/C15H20N2O2S/c1-4-11(3)17(10-15(18)19)13-7-6-8-14(20-5-2)12(13)9-16/h6-8,11H,4-5,10H2,1-3H3,(H,18,19). The molecule has 0 heterocycles. The molecule has 1 rings (SSSR count). The topological polar surface area (TPSA) is 64.3 Å². The molecule has 0 aromatic heterocycles. The molecule has 0 fully saturated rings. The van der Waals surface area contributed by atoms with Gasteiger partial charge in [-0.2, -0.15) is 5.26 Å². The van der Waals surface area contributed by atoms with E-state index >= 15 is 0 Å². The van der Waals surface area contributed by atoms with E-state index in [1.807, 2.05) is 39.0 Å². The Balaban J connectivity index is 3.28. The minimum atomic E-state index is -0.886. The summed E-state index contributed by atoms with van der Waals surface area (Å²) in [6.07, 6.45) is 0.823. The highest BCUT2D eigenvalue weighted by Gasteiger charge is 2.20. The summed E-state index contributed by atoms with van der Waals surface area (Å²) < 4.78 is 0. The smallest absolute Gasteiger partial charge is 0.323 e. The number of rotatable bonds is 7. The molecule has 0 amide bonds. The SMILES string of the molecule is CCSc1cccc(N(CC(=O)O)C(C)CC)c1C#N. The first-order valence-electron chi connectivity index (χ1n) is 6.69. The van der Waals surface area contributed by atoms with Crippen molar-refractivity contribution in [1.29, 1.82) is 5.26 Å². The van der Waals surface area contributed by atoms with Gasteiger partial charge in [-0.3, -0.25) is 4.79 Å². The zero-order valence-electron chi connectivity index (χ0n) is 12.1. The lowest BCUT2D eigenvalue weighted by atomic mass is 10.1. The van der Waals surface area contributed by atoms with Crippen molar-refractivity contribution >= 4 is 23.4 Å². The highest BCUT2D eigenvalue weighted by atomic mass is 32.2. The predicted octanol–water partition coefficient (Wildman–Crippen LogP) is 3.36. The molecule has 0 radical (unpaired) electrons. The molecule has 20 heavy (non-hydrogen) atoms. The van der Waals surface area contributed by atoms with Crippen LogP contribution in [0.5, 0.6) is 0 Å². The molecular formula is C15H20N2O2S. The summed E-state index contributed by atoms with van der Waals surface area (Å²) in [4.78, 5) is 13.8. The molecule has 5 heteroatoms. The van der Waals surface area contributed by atoms with Gasteiger partial charge in [-0.05, 0) is 31.2 Å². The van der Waals surface area contributed by atoms with Gasteiger partial charge in [-0.1, -0.05) is 19.9 Å². The molecule has 0 saturated heterocycles. The van der Waals surface area contributed by atoms with Gasteiger partial charge in [0.15, 0.2) is 0 Å². The van der Waals surface area contributed by atoms with Crippen LogP contribution >= 0.6 is 11.8 Å². The fourth-order valence-corrected chi connectivity index (χ4v) is 2.77. The van der Waals surface area contributed by atoms with Crippen LogP contribution in [0.3, 0.4) is 0 Å². The van der Waals surface area contributed by atoms with E-state index in [2.05, 4.69) is 6.07 Å². The number of thioether (sulfide) groups is 1. The van der Waals surface area contributed by atoms with E-state index in [4.69, 9.17) is 5.11 Å². The van der Waals surface area contributed by atoms with Gasteiger partial charge in [0.2, 0.25) is 0 Å². The van der Waals surface area contributed by atoms with Crippen LogP contribution < -0.4 is 4.90 Å². The van der Waals surface area contributed by atoms with Crippen molar-refractivity contribution in [3.63, 3.8) is 0 Å². The molecular weight excluding hydrogens is 272 g/mol. The first-order valence-corrected chi connectivity index (χ1v) is 7.68. The van der Waals surface area contributed by atoms with Gasteiger partial charge < -0.3 is 10.0 Å². The number of hydrogen-bond donors (Lipinski definition) is 1. The average molecular weight is 292 g/mol. The van der Waals surface area contributed by atoms with Crippen molar-refractivity contribution in [1.82, 2.24) is 0 Å². The third-order valence-corrected chi connectivity index (χ3v) is 4.09. The number of carboxylic acids is 1. The first kappa shape index (κ1) is 16.4. The lowest BCUT2D eigenvalue weighted by Crippen LogP contribution is -2.37. The van der Waals surface area contributed by atoms with Gasteiger partial charge in [0.25, 0.3) is 0 Å².